The van der Waals surface area contributed by atoms with Gasteiger partial charge in [-0.1, -0.05) is 6.92 Å². The van der Waals surface area contributed by atoms with E-state index in [-0.39, 0.29) is 23.8 Å². The lowest BCUT2D eigenvalue weighted by Crippen LogP contribution is -2.48. The highest BCUT2D eigenvalue weighted by Gasteiger charge is 2.33. The lowest BCUT2D eigenvalue weighted by molar-refractivity contribution is -0.164. The minimum Gasteiger partial charge on any atom is -0.452 e. The molecule has 148 valence electrons. The summed E-state index contributed by atoms with van der Waals surface area (Å²) in [6.07, 6.45) is 8.32. The van der Waals surface area contributed by atoms with Gasteiger partial charge in [-0.3, -0.25) is 9.59 Å². The number of likely N-dealkylation sites (tertiary alicyclic amines) is 1. The molecule has 0 saturated carbocycles. The third kappa shape index (κ3) is 4.76. The average Bonchev–Trinajstić information content (AvgIpc) is 2.73. The van der Waals surface area contributed by atoms with Crippen LogP contribution in [0.4, 0.5) is 5.95 Å². The second-order valence-corrected chi connectivity index (χ2v) is 7.48. The van der Waals surface area contributed by atoms with E-state index in [4.69, 9.17) is 4.74 Å². The molecule has 2 aliphatic rings. The first kappa shape index (κ1) is 19.6. The number of carbonyl (C=O) groups is 2. The molecule has 2 atom stereocenters. The molecule has 0 radical (unpaired) electrons. The van der Waals surface area contributed by atoms with Crippen molar-refractivity contribution in [3.05, 3.63) is 18.5 Å². The van der Waals surface area contributed by atoms with E-state index in [1.54, 1.807) is 25.4 Å². The molecule has 0 aromatic carbocycles. The Hall–Kier alpha value is -2.18. The molecule has 0 N–H and O–H groups in total. The summed E-state index contributed by atoms with van der Waals surface area (Å²) in [5.74, 6) is 0.228. The third-order valence-electron chi connectivity index (χ3n) is 5.69. The van der Waals surface area contributed by atoms with Crippen LogP contribution < -0.4 is 4.90 Å². The van der Waals surface area contributed by atoms with Crippen LogP contribution in [-0.2, 0) is 14.3 Å². The summed E-state index contributed by atoms with van der Waals surface area (Å²) in [6, 6.07) is 2.07. The molecular weight excluding hydrogens is 344 g/mol. The molecule has 2 aliphatic heterocycles. The maximum Gasteiger partial charge on any atom is 0.309 e. The molecule has 1 aromatic rings. The molecule has 2 fully saturated rings. The molecule has 7 heteroatoms. The summed E-state index contributed by atoms with van der Waals surface area (Å²) in [5.41, 5.74) is 0. The van der Waals surface area contributed by atoms with Crippen LogP contribution in [0.3, 0.4) is 0 Å². The fourth-order valence-corrected chi connectivity index (χ4v) is 4.04. The summed E-state index contributed by atoms with van der Waals surface area (Å²) in [6.45, 7) is 6.02. The maximum atomic E-state index is 12.7. The summed E-state index contributed by atoms with van der Waals surface area (Å²) in [7, 11) is 0. The number of hydrogen-bond donors (Lipinski definition) is 0. The van der Waals surface area contributed by atoms with Gasteiger partial charge in [0.1, 0.15) is 0 Å². The van der Waals surface area contributed by atoms with Gasteiger partial charge in [0.15, 0.2) is 6.10 Å². The molecule has 1 aromatic heterocycles. The van der Waals surface area contributed by atoms with Gasteiger partial charge in [0, 0.05) is 38.1 Å². The van der Waals surface area contributed by atoms with Crippen LogP contribution in [0.2, 0.25) is 0 Å². The molecule has 3 rings (SSSR count). The number of ether oxygens (including phenoxy) is 1. The first-order valence-electron chi connectivity index (χ1n) is 10.1. The number of nitrogens with zero attached hydrogens (tertiary/aromatic N) is 4. The van der Waals surface area contributed by atoms with Gasteiger partial charge >= 0.3 is 5.97 Å². The maximum absolute atomic E-state index is 12.7. The van der Waals surface area contributed by atoms with E-state index in [9.17, 15) is 9.59 Å². The lowest BCUT2D eigenvalue weighted by Gasteiger charge is -2.37. The molecule has 3 heterocycles. The van der Waals surface area contributed by atoms with Crippen molar-refractivity contribution >= 4 is 17.8 Å². The van der Waals surface area contributed by atoms with Crippen molar-refractivity contribution in [3.8, 4) is 0 Å². The lowest BCUT2D eigenvalue weighted by atomic mass is 9.97. The van der Waals surface area contributed by atoms with Gasteiger partial charge in [0.2, 0.25) is 5.95 Å². The number of anilines is 1. The standard InChI is InChI=1S/C20H30N4O3/c1-3-17-7-4-5-12-24(17)18(25)15(2)27-19(26)16-8-13-23(14-9-16)20-21-10-6-11-22-20/h6,10-11,15-17H,3-5,7-9,12-14H2,1-2H3. The molecule has 2 unspecified atom stereocenters. The third-order valence-corrected chi connectivity index (χ3v) is 5.69. The van der Waals surface area contributed by atoms with Gasteiger partial charge < -0.3 is 14.5 Å². The number of piperidine rings is 2. The molecular formula is C20H30N4O3. The minimum atomic E-state index is -0.708. The monoisotopic (exact) mass is 374 g/mol. The molecule has 0 spiro atoms. The summed E-state index contributed by atoms with van der Waals surface area (Å²) in [5, 5.41) is 0. The molecule has 1 amide bonds. The summed E-state index contributed by atoms with van der Waals surface area (Å²) in [4.78, 5) is 37.8. The molecule has 27 heavy (non-hydrogen) atoms. The quantitative estimate of drug-likeness (QED) is 0.737. The van der Waals surface area contributed by atoms with Crippen LogP contribution in [0.15, 0.2) is 18.5 Å². The topological polar surface area (TPSA) is 75.6 Å². The Kier molecular flexibility index (Phi) is 6.63. The highest BCUT2D eigenvalue weighted by Crippen LogP contribution is 2.24. The Balaban J connectivity index is 1.49. The molecule has 7 nitrogen and oxygen atoms in total. The largest absolute Gasteiger partial charge is 0.452 e. The summed E-state index contributed by atoms with van der Waals surface area (Å²) < 4.78 is 5.56. The smallest absolute Gasteiger partial charge is 0.309 e. The molecule has 0 aliphatic carbocycles. The Morgan fingerprint density at radius 1 is 1.15 bits per heavy atom. The fraction of sp³-hybridized carbons (Fsp3) is 0.700. The van der Waals surface area contributed by atoms with Crippen LogP contribution in [0.1, 0.15) is 52.4 Å². The second kappa shape index (κ2) is 9.15. The zero-order chi connectivity index (χ0) is 19.2. The normalized spacial score (nSPS) is 22.4. The van der Waals surface area contributed by atoms with Gasteiger partial charge in [-0.2, -0.15) is 0 Å². The zero-order valence-electron chi connectivity index (χ0n) is 16.3. The van der Waals surface area contributed by atoms with Gasteiger partial charge in [0.05, 0.1) is 5.92 Å². The van der Waals surface area contributed by atoms with Crippen molar-refractivity contribution in [1.82, 2.24) is 14.9 Å². The van der Waals surface area contributed by atoms with Crippen LogP contribution in [0.25, 0.3) is 0 Å². The Labute approximate surface area is 161 Å². The van der Waals surface area contributed by atoms with E-state index < -0.39 is 6.10 Å². The molecule has 0 bridgehead atoms. The fourth-order valence-electron chi connectivity index (χ4n) is 4.04. The van der Waals surface area contributed by atoms with Gasteiger partial charge in [-0.05, 0) is 51.5 Å². The van der Waals surface area contributed by atoms with E-state index >= 15 is 0 Å². The van der Waals surface area contributed by atoms with Crippen molar-refractivity contribution < 1.29 is 14.3 Å². The van der Waals surface area contributed by atoms with Crippen LogP contribution in [0, 0.1) is 5.92 Å². The number of esters is 1. The van der Waals surface area contributed by atoms with Crippen LogP contribution >= 0.6 is 0 Å². The van der Waals surface area contributed by atoms with E-state index in [0.717, 1.165) is 38.9 Å². The summed E-state index contributed by atoms with van der Waals surface area (Å²) >= 11 is 0. The number of amides is 1. The average molecular weight is 374 g/mol. The highest BCUT2D eigenvalue weighted by atomic mass is 16.5. The van der Waals surface area contributed by atoms with E-state index in [1.807, 2.05) is 4.90 Å². The van der Waals surface area contributed by atoms with Crippen molar-refractivity contribution in [2.75, 3.05) is 24.5 Å². The zero-order valence-corrected chi connectivity index (χ0v) is 16.3. The van der Waals surface area contributed by atoms with Gasteiger partial charge in [-0.15, -0.1) is 0 Å². The molecule has 2 saturated heterocycles. The number of aromatic nitrogens is 2. The highest BCUT2D eigenvalue weighted by molar-refractivity contribution is 5.84. The van der Waals surface area contributed by atoms with Crippen molar-refractivity contribution in [2.24, 2.45) is 5.92 Å². The van der Waals surface area contributed by atoms with Crippen molar-refractivity contribution in [2.45, 2.75) is 64.5 Å². The van der Waals surface area contributed by atoms with Crippen molar-refractivity contribution in [3.63, 3.8) is 0 Å². The predicted octanol–water partition coefficient (Wildman–Crippen LogP) is 2.42. The van der Waals surface area contributed by atoms with Crippen molar-refractivity contribution in [1.29, 1.82) is 0 Å². The Bertz CT molecular complexity index is 631. The Morgan fingerprint density at radius 3 is 2.52 bits per heavy atom. The SMILES string of the molecule is CCC1CCCCN1C(=O)C(C)OC(=O)C1CCN(c2ncccn2)CC1. The minimum absolute atomic E-state index is 0.0509. The van der Waals surface area contributed by atoms with Crippen LogP contribution in [-0.4, -0.2) is 58.5 Å². The Morgan fingerprint density at radius 2 is 1.85 bits per heavy atom. The van der Waals surface area contributed by atoms with E-state index in [2.05, 4.69) is 21.8 Å². The van der Waals surface area contributed by atoms with Gasteiger partial charge in [-0.25, -0.2) is 9.97 Å². The van der Waals surface area contributed by atoms with E-state index in [0.29, 0.717) is 18.8 Å². The van der Waals surface area contributed by atoms with Crippen LogP contribution in [0.5, 0.6) is 0 Å². The van der Waals surface area contributed by atoms with Gasteiger partial charge in [0.25, 0.3) is 5.91 Å². The first-order valence-corrected chi connectivity index (χ1v) is 10.1. The van der Waals surface area contributed by atoms with E-state index in [1.165, 1.54) is 6.42 Å². The number of rotatable bonds is 5. The predicted molar refractivity (Wildman–Crippen MR) is 102 cm³/mol. The first-order chi connectivity index (χ1) is 13.1. The second-order valence-electron chi connectivity index (χ2n) is 7.48. The number of carbonyl (C=O) groups excluding carboxylic acids is 2. The number of hydrogen-bond acceptors (Lipinski definition) is 6.